The Morgan fingerprint density at radius 3 is 2.93 bits per heavy atom. The molecule has 0 N–H and O–H groups in total. The number of likely N-dealkylation sites (N-methyl/N-ethyl adjacent to an activating group) is 1. The van der Waals surface area contributed by atoms with Gasteiger partial charge in [-0.05, 0) is 30.5 Å². The second-order valence-corrected chi connectivity index (χ2v) is 8.24. The highest BCUT2D eigenvalue weighted by molar-refractivity contribution is 5.97. The molecule has 5 heterocycles. The Morgan fingerprint density at radius 2 is 2.10 bits per heavy atom. The summed E-state index contributed by atoms with van der Waals surface area (Å²) in [5.41, 5.74) is 3.00. The van der Waals surface area contributed by atoms with Crippen molar-refractivity contribution >= 4 is 23.0 Å². The van der Waals surface area contributed by atoms with Crippen molar-refractivity contribution in [2.24, 2.45) is 5.92 Å². The number of rotatable bonds is 3. The van der Waals surface area contributed by atoms with Crippen LogP contribution in [-0.2, 0) is 11.3 Å². The van der Waals surface area contributed by atoms with E-state index >= 15 is 0 Å². The van der Waals surface area contributed by atoms with Gasteiger partial charge in [0.1, 0.15) is 5.52 Å². The molecule has 2 saturated heterocycles. The molecule has 30 heavy (non-hydrogen) atoms. The van der Waals surface area contributed by atoms with Crippen molar-refractivity contribution in [3.8, 4) is 0 Å². The molecule has 3 aromatic heterocycles. The lowest BCUT2D eigenvalue weighted by Crippen LogP contribution is -2.42. The summed E-state index contributed by atoms with van der Waals surface area (Å²) in [6, 6.07) is 5.79. The SMILES string of the molecule is CN1C(=O)[C@@H]2CCC[C@H]1CN(C(=O)c1cnc3c(c1)ncn3Cc1cccnc1)C2. The van der Waals surface area contributed by atoms with Gasteiger partial charge in [-0.1, -0.05) is 12.5 Å². The average molecular weight is 404 g/mol. The smallest absolute Gasteiger partial charge is 0.255 e. The Labute approximate surface area is 174 Å². The quantitative estimate of drug-likeness (QED) is 0.666. The van der Waals surface area contributed by atoms with E-state index < -0.39 is 0 Å². The van der Waals surface area contributed by atoms with E-state index in [4.69, 9.17) is 0 Å². The van der Waals surface area contributed by atoms with Gasteiger partial charge in [0.15, 0.2) is 5.65 Å². The van der Waals surface area contributed by atoms with Crippen LogP contribution in [0.4, 0.5) is 0 Å². The first-order chi connectivity index (χ1) is 14.6. The maximum absolute atomic E-state index is 13.3. The van der Waals surface area contributed by atoms with Crippen LogP contribution in [0.2, 0.25) is 0 Å². The second-order valence-electron chi connectivity index (χ2n) is 8.24. The topological polar surface area (TPSA) is 84.2 Å². The third kappa shape index (κ3) is 3.32. The van der Waals surface area contributed by atoms with Gasteiger partial charge >= 0.3 is 0 Å². The predicted octanol–water partition coefficient (Wildman–Crippen LogP) is 1.96. The zero-order chi connectivity index (χ0) is 20.7. The van der Waals surface area contributed by atoms with Crippen LogP contribution in [0.3, 0.4) is 0 Å². The van der Waals surface area contributed by atoms with E-state index in [1.54, 1.807) is 24.8 Å². The summed E-state index contributed by atoms with van der Waals surface area (Å²) in [6.07, 6.45) is 9.75. The van der Waals surface area contributed by atoms with Crippen molar-refractivity contribution in [1.82, 2.24) is 29.3 Å². The Bertz CT molecular complexity index is 1100. The Balaban J connectivity index is 1.40. The first kappa shape index (κ1) is 18.7. The van der Waals surface area contributed by atoms with E-state index in [0.29, 0.717) is 30.7 Å². The van der Waals surface area contributed by atoms with E-state index in [0.717, 1.165) is 30.5 Å². The summed E-state index contributed by atoms with van der Waals surface area (Å²) in [7, 11) is 1.86. The predicted molar refractivity (Wildman–Crippen MR) is 111 cm³/mol. The molecule has 2 fully saturated rings. The fourth-order valence-electron chi connectivity index (χ4n) is 4.58. The summed E-state index contributed by atoms with van der Waals surface area (Å²) in [6.45, 7) is 1.67. The number of aromatic nitrogens is 4. The first-order valence-corrected chi connectivity index (χ1v) is 10.4. The molecular formula is C22H24N6O2. The van der Waals surface area contributed by atoms with Crippen molar-refractivity contribution in [2.75, 3.05) is 20.1 Å². The van der Waals surface area contributed by atoms with Gasteiger partial charge in [0.2, 0.25) is 5.91 Å². The molecular weight excluding hydrogens is 380 g/mol. The maximum Gasteiger partial charge on any atom is 0.255 e. The second kappa shape index (κ2) is 7.51. The molecule has 2 amide bonds. The molecule has 0 aliphatic carbocycles. The number of carbonyl (C=O) groups excluding carboxylic acids is 2. The van der Waals surface area contributed by atoms with Crippen LogP contribution in [0, 0.1) is 5.92 Å². The molecule has 2 bridgehead atoms. The standard InChI is InChI=1S/C22H24N6O2/c1-26-18-6-2-5-16(21(26)29)12-27(13-18)22(30)17-8-19-20(24-10-17)28(14-25-19)11-15-4-3-7-23-9-15/h3-4,7-10,14,16,18H,2,5-6,11-13H2,1H3/t16-,18+/m1/s1. The molecule has 8 heteroatoms. The minimum atomic E-state index is -0.109. The van der Waals surface area contributed by atoms with Crippen molar-refractivity contribution in [3.63, 3.8) is 0 Å². The molecule has 154 valence electrons. The molecule has 0 radical (unpaired) electrons. The molecule has 2 atom stereocenters. The van der Waals surface area contributed by atoms with Crippen LogP contribution < -0.4 is 0 Å². The van der Waals surface area contributed by atoms with Crippen molar-refractivity contribution in [1.29, 1.82) is 0 Å². The molecule has 2 aliphatic rings. The summed E-state index contributed by atoms with van der Waals surface area (Å²) >= 11 is 0. The number of fused-ring (bicyclic) bond motifs is 4. The highest BCUT2D eigenvalue weighted by atomic mass is 16.2. The molecule has 8 nitrogen and oxygen atoms in total. The molecule has 5 rings (SSSR count). The van der Waals surface area contributed by atoms with Gasteiger partial charge in [-0.3, -0.25) is 14.6 Å². The van der Waals surface area contributed by atoms with Gasteiger partial charge < -0.3 is 14.4 Å². The van der Waals surface area contributed by atoms with Crippen LogP contribution in [-0.4, -0.2) is 67.3 Å². The third-order valence-electron chi connectivity index (χ3n) is 6.27. The van der Waals surface area contributed by atoms with Crippen LogP contribution in [0.1, 0.15) is 35.2 Å². The van der Waals surface area contributed by atoms with Crippen LogP contribution in [0.15, 0.2) is 43.1 Å². The number of likely N-dealkylation sites (tertiary alicyclic amines) is 1. The Hall–Kier alpha value is -3.29. The molecule has 2 aliphatic heterocycles. The fraction of sp³-hybridized carbons (Fsp3) is 0.409. The van der Waals surface area contributed by atoms with E-state index in [-0.39, 0.29) is 23.8 Å². The number of amides is 2. The van der Waals surface area contributed by atoms with E-state index in [2.05, 4.69) is 15.0 Å². The van der Waals surface area contributed by atoms with Crippen molar-refractivity contribution in [3.05, 3.63) is 54.2 Å². The zero-order valence-electron chi connectivity index (χ0n) is 16.9. The number of pyridine rings is 2. The van der Waals surface area contributed by atoms with Gasteiger partial charge in [0, 0.05) is 44.8 Å². The largest absolute Gasteiger partial charge is 0.341 e. The lowest BCUT2D eigenvalue weighted by Gasteiger charge is -2.29. The number of imidazole rings is 1. The normalized spacial score (nSPS) is 21.7. The molecule has 3 aromatic rings. The zero-order valence-corrected chi connectivity index (χ0v) is 16.9. The Kier molecular flexibility index (Phi) is 4.69. The highest BCUT2D eigenvalue weighted by Gasteiger charge is 2.38. The van der Waals surface area contributed by atoms with E-state index in [9.17, 15) is 9.59 Å². The minimum absolute atomic E-state index is 0.0776. The molecule has 0 spiro atoms. The lowest BCUT2D eigenvalue weighted by molar-refractivity contribution is -0.134. The van der Waals surface area contributed by atoms with Gasteiger partial charge in [0.05, 0.1) is 24.4 Å². The lowest BCUT2D eigenvalue weighted by atomic mass is 9.99. The molecule has 0 unspecified atom stereocenters. The Morgan fingerprint density at radius 1 is 1.20 bits per heavy atom. The monoisotopic (exact) mass is 404 g/mol. The number of nitrogens with zero attached hydrogens (tertiary/aromatic N) is 6. The fourth-order valence-corrected chi connectivity index (χ4v) is 4.58. The summed E-state index contributed by atoms with van der Waals surface area (Å²) < 4.78 is 1.95. The van der Waals surface area contributed by atoms with E-state index in [1.165, 1.54) is 0 Å². The van der Waals surface area contributed by atoms with Gasteiger partial charge in [-0.25, -0.2) is 9.97 Å². The molecule has 0 saturated carbocycles. The summed E-state index contributed by atoms with van der Waals surface area (Å²) in [4.78, 5) is 42.7. The summed E-state index contributed by atoms with van der Waals surface area (Å²) in [5, 5.41) is 0. The third-order valence-corrected chi connectivity index (χ3v) is 6.27. The van der Waals surface area contributed by atoms with Crippen molar-refractivity contribution in [2.45, 2.75) is 31.8 Å². The summed E-state index contributed by atoms with van der Waals surface area (Å²) in [5.74, 6) is -0.0245. The van der Waals surface area contributed by atoms with Crippen LogP contribution >= 0.6 is 0 Å². The highest BCUT2D eigenvalue weighted by Crippen LogP contribution is 2.28. The number of hydrogen-bond donors (Lipinski definition) is 0. The average Bonchev–Trinajstić information content (AvgIpc) is 3.04. The van der Waals surface area contributed by atoms with Gasteiger partial charge in [0.25, 0.3) is 5.91 Å². The molecule has 0 aromatic carbocycles. The van der Waals surface area contributed by atoms with Crippen LogP contribution in [0.5, 0.6) is 0 Å². The number of hydrogen-bond acceptors (Lipinski definition) is 5. The van der Waals surface area contributed by atoms with Crippen molar-refractivity contribution < 1.29 is 9.59 Å². The van der Waals surface area contributed by atoms with E-state index in [1.807, 2.05) is 39.7 Å². The van der Waals surface area contributed by atoms with Gasteiger partial charge in [-0.2, -0.15) is 0 Å². The van der Waals surface area contributed by atoms with Gasteiger partial charge in [-0.15, -0.1) is 0 Å². The van der Waals surface area contributed by atoms with Crippen LogP contribution in [0.25, 0.3) is 11.2 Å². The first-order valence-electron chi connectivity index (χ1n) is 10.4. The number of carbonyl (C=O) groups is 2. The maximum atomic E-state index is 13.3. The minimum Gasteiger partial charge on any atom is -0.341 e.